The second kappa shape index (κ2) is 12.7. The van der Waals surface area contributed by atoms with Gasteiger partial charge >= 0.3 is 0 Å². The summed E-state index contributed by atoms with van der Waals surface area (Å²) in [5.74, 6) is 0. The highest BCUT2D eigenvalue weighted by Gasteiger charge is 1.90. The molecular weight excluding hydrogens is 168 g/mol. The molecule has 0 unspecified atom stereocenters. The quantitative estimate of drug-likeness (QED) is 0.415. The Morgan fingerprint density at radius 1 is 0.786 bits per heavy atom. The summed E-state index contributed by atoms with van der Waals surface area (Å²) in [7, 11) is 0. The minimum atomic E-state index is 1.26. The Kier molecular flexibility index (Phi) is 12.5. The van der Waals surface area contributed by atoms with E-state index in [9.17, 15) is 0 Å². The van der Waals surface area contributed by atoms with Crippen LogP contribution < -0.4 is 0 Å². The van der Waals surface area contributed by atoms with Gasteiger partial charge in [-0.2, -0.15) is 0 Å². The molecule has 0 N–H and O–H groups in total. The number of hydrogen-bond acceptors (Lipinski definition) is 0. The van der Waals surface area contributed by atoms with E-state index in [2.05, 4.69) is 32.4 Å². The molecule has 0 saturated carbocycles. The molecule has 0 aliphatic rings. The second-order valence-electron chi connectivity index (χ2n) is 4.03. The topological polar surface area (TPSA) is 0 Å². The molecule has 0 atom stereocenters. The van der Waals surface area contributed by atoms with E-state index in [1.54, 1.807) is 0 Å². The Balaban J connectivity index is 2.85. The molecule has 1 radical (unpaired) electrons. The highest BCUT2D eigenvalue weighted by molar-refractivity contribution is 4.91. The monoisotopic (exact) mass is 195 g/mol. The maximum absolute atomic E-state index is 2.27. The highest BCUT2D eigenvalue weighted by atomic mass is 14.0. The SMILES string of the molecule is CC=C[CH]CCCCCCCCCC. The van der Waals surface area contributed by atoms with Crippen molar-refractivity contribution in [1.82, 2.24) is 0 Å². The van der Waals surface area contributed by atoms with Crippen LogP contribution in [0.1, 0.15) is 71.6 Å². The molecule has 0 aliphatic carbocycles. The fourth-order valence-corrected chi connectivity index (χ4v) is 1.63. The predicted molar refractivity (Wildman–Crippen MR) is 66.3 cm³/mol. The lowest BCUT2D eigenvalue weighted by molar-refractivity contribution is 0.575. The number of rotatable bonds is 10. The van der Waals surface area contributed by atoms with Gasteiger partial charge in [-0.25, -0.2) is 0 Å². The average molecular weight is 195 g/mol. The van der Waals surface area contributed by atoms with Gasteiger partial charge in [-0.3, -0.25) is 0 Å². The van der Waals surface area contributed by atoms with Gasteiger partial charge in [0.25, 0.3) is 0 Å². The Morgan fingerprint density at radius 3 is 1.93 bits per heavy atom. The molecule has 0 heterocycles. The van der Waals surface area contributed by atoms with Crippen molar-refractivity contribution in [3.63, 3.8) is 0 Å². The van der Waals surface area contributed by atoms with Crippen LogP contribution in [0.5, 0.6) is 0 Å². The van der Waals surface area contributed by atoms with Crippen LogP contribution in [0.25, 0.3) is 0 Å². The van der Waals surface area contributed by atoms with Crippen molar-refractivity contribution >= 4 is 0 Å². The first-order chi connectivity index (χ1) is 6.91. The van der Waals surface area contributed by atoms with Gasteiger partial charge < -0.3 is 0 Å². The fraction of sp³-hybridized carbons (Fsp3) is 0.786. The van der Waals surface area contributed by atoms with Crippen molar-refractivity contribution < 1.29 is 0 Å². The summed E-state index contributed by atoms with van der Waals surface area (Å²) in [5, 5.41) is 0. The van der Waals surface area contributed by atoms with E-state index in [1.807, 2.05) is 0 Å². The number of hydrogen-bond donors (Lipinski definition) is 0. The molecule has 0 rings (SSSR count). The molecule has 0 aliphatic heterocycles. The second-order valence-corrected chi connectivity index (χ2v) is 4.03. The standard InChI is InChI=1S/C14H27/c1-3-5-7-9-11-13-14-12-10-8-6-4-2/h3,5,7H,4,6,8-14H2,1-2H3. The van der Waals surface area contributed by atoms with Crippen molar-refractivity contribution in [2.75, 3.05) is 0 Å². The average Bonchev–Trinajstić information content (AvgIpc) is 2.21. The van der Waals surface area contributed by atoms with Crippen LogP contribution in [-0.2, 0) is 0 Å². The Hall–Kier alpha value is -0.260. The molecular formula is C14H27. The van der Waals surface area contributed by atoms with Crippen LogP contribution in [-0.4, -0.2) is 0 Å². The minimum absolute atomic E-state index is 1.26. The van der Waals surface area contributed by atoms with E-state index in [1.165, 1.54) is 57.8 Å². The first-order valence-electron chi connectivity index (χ1n) is 6.36. The van der Waals surface area contributed by atoms with E-state index in [0.29, 0.717) is 0 Å². The first-order valence-corrected chi connectivity index (χ1v) is 6.36. The summed E-state index contributed by atoms with van der Waals surface area (Å²) < 4.78 is 0. The van der Waals surface area contributed by atoms with Gasteiger partial charge in [0.2, 0.25) is 0 Å². The van der Waals surface area contributed by atoms with E-state index < -0.39 is 0 Å². The Morgan fingerprint density at radius 2 is 1.36 bits per heavy atom. The summed E-state index contributed by atoms with van der Waals surface area (Å²) in [6.07, 6.45) is 19.2. The van der Waals surface area contributed by atoms with Crippen molar-refractivity contribution in [3.05, 3.63) is 18.6 Å². The third-order valence-corrected chi connectivity index (χ3v) is 2.55. The van der Waals surface area contributed by atoms with Crippen LogP contribution >= 0.6 is 0 Å². The van der Waals surface area contributed by atoms with Gasteiger partial charge in [0, 0.05) is 0 Å². The third kappa shape index (κ3) is 11.7. The van der Waals surface area contributed by atoms with E-state index >= 15 is 0 Å². The van der Waals surface area contributed by atoms with Crippen molar-refractivity contribution in [2.45, 2.75) is 71.6 Å². The molecule has 0 nitrogen and oxygen atoms in total. The van der Waals surface area contributed by atoms with Crippen molar-refractivity contribution in [1.29, 1.82) is 0 Å². The Labute approximate surface area is 90.8 Å². The normalized spacial score (nSPS) is 11.3. The molecule has 0 aromatic rings. The number of allylic oxidation sites excluding steroid dienone is 2. The molecule has 0 saturated heterocycles. The lowest BCUT2D eigenvalue weighted by Gasteiger charge is -2.00. The Bertz CT molecular complexity index is 113. The van der Waals surface area contributed by atoms with Crippen LogP contribution in [0.15, 0.2) is 12.2 Å². The summed E-state index contributed by atoms with van der Waals surface area (Å²) in [5.41, 5.74) is 0. The van der Waals surface area contributed by atoms with Gasteiger partial charge in [-0.15, -0.1) is 0 Å². The molecule has 0 bridgehead atoms. The van der Waals surface area contributed by atoms with Crippen LogP contribution in [0.3, 0.4) is 0 Å². The molecule has 0 spiro atoms. The number of unbranched alkanes of at least 4 members (excludes halogenated alkanes) is 9. The summed E-state index contributed by atoms with van der Waals surface area (Å²) in [6, 6.07) is 0. The molecule has 0 aromatic carbocycles. The summed E-state index contributed by atoms with van der Waals surface area (Å²) in [6.45, 7) is 4.35. The fourth-order valence-electron chi connectivity index (χ4n) is 1.63. The zero-order valence-electron chi connectivity index (χ0n) is 10.1. The van der Waals surface area contributed by atoms with Crippen LogP contribution in [0, 0.1) is 6.42 Å². The first kappa shape index (κ1) is 13.7. The molecule has 83 valence electrons. The lowest BCUT2D eigenvalue weighted by Crippen LogP contribution is -1.80. The molecule has 0 heteroatoms. The maximum atomic E-state index is 2.27. The summed E-state index contributed by atoms with van der Waals surface area (Å²) >= 11 is 0. The maximum Gasteiger partial charge on any atom is -0.0171 e. The van der Waals surface area contributed by atoms with E-state index in [0.717, 1.165) is 0 Å². The summed E-state index contributed by atoms with van der Waals surface area (Å²) in [4.78, 5) is 0. The van der Waals surface area contributed by atoms with Gasteiger partial charge in [0.1, 0.15) is 0 Å². The molecule has 0 amide bonds. The zero-order chi connectivity index (χ0) is 10.5. The largest absolute Gasteiger partial charge is 0.0914 e. The minimum Gasteiger partial charge on any atom is -0.0914 e. The van der Waals surface area contributed by atoms with Gasteiger partial charge in [0.15, 0.2) is 0 Å². The van der Waals surface area contributed by atoms with Crippen LogP contribution in [0.2, 0.25) is 0 Å². The van der Waals surface area contributed by atoms with E-state index in [-0.39, 0.29) is 0 Å². The van der Waals surface area contributed by atoms with Gasteiger partial charge in [-0.05, 0) is 19.8 Å². The molecule has 0 fully saturated rings. The lowest BCUT2D eigenvalue weighted by atomic mass is 10.1. The molecule has 14 heavy (non-hydrogen) atoms. The van der Waals surface area contributed by atoms with Crippen molar-refractivity contribution in [3.8, 4) is 0 Å². The predicted octanol–water partition coefficient (Wildman–Crippen LogP) is 5.30. The molecule has 0 aromatic heterocycles. The smallest absolute Gasteiger partial charge is 0.0171 e. The van der Waals surface area contributed by atoms with Gasteiger partial charge in [0.05, 0.1) is 0 Å². The third-order valence-electron chi connectivity index (χ3n) is 2.55. The zero-order valence-corrected chi connectivity index (χ0v) is 10.1. The van der Waals surface area contributed by atoms with Gasteiger partial charge in [-0.1, -0.05) is 70.4 Å². The van der Waals surface area contributed by atoms with E-state index in [4.69, 9.17) is 0 Å². The highest BCUT2D eigenvalue weighted by Crippen LogP contribution is 2.10. The van der Waals surface area contributed by atoms with Crippen molar-refractivity contribution in [2.24, 2.45) is 0 Å². The van der Waals surface area contributed by atoms with Crippen LogP contribution in [0.4, 0.5) is 0 Å².